The van der Waals surface area contributed by atoms with Gasteiger partial charge in [0.2, 0.25) is 6.35 Å². The van der Waals surface area contributed by atoms with Crippen LogP contribution in [0.25, 0.3) is 27.6 Å². The highest BCUT2D eigenvalue weighted by Gasteiger charge is 2.25. The van der Waals surface area contributed by atoms with E-state index in [4.69, 9.17) is 5.41 Å². The van der Waals surface area contributed by atoms with Gasteiger partial charge in [0.25, 0.3) is 0 Å². The van der Waals surface area contributed by atoms with Crippen LogP contribution >= 0.6 is 0 Å². The Hall–Kier alpha value is -3.38. The maximum Gasteiger partial charge on any atom is 0.202 e. The molecule has 6 heteroatoms. The minimum atomic E-state index is -0.902. The van der Waals surface area contributed by atoms with E-state index in [-0.39, 0.29) is 11.5 Å². The molecule has 28 heavy (non-hydrogen) atoms. The third-order valence-corrected chi connectivity index (χ3v) is 5.00. The number of allylic oxidation sites excluding steroid dienone is 2. The van der Waals surface area contributed by atoms with E-state index in [0.717, 1.165) is 39.0 Å². The molecule has 0 saturated heterocycles. The summed E-state index contributed by atoms with van der Waals surface area (Å²) in [4.78, 5) is 4.46. The summed E-state index contributed by atoms with van der Waals surface area (Å²) in [6.07, 6.45) is 0.862. The van der Waals surface area contributed by atoms with Crippen molar-refractivity contribution in [1.29, 1.82) is 5.41 Å². The van der Waals surface area contributed by atoms with Crippen molar-refractivity contribution in [1.82, 2.24) is 4.98 Å². The van der Waals surface area contributed by atoms with Gasteiger partial charge in [-0.2, -0.15) is 0 Å². The van der Waals surface area contributed by atoms with Crippen molar-refractivity contribution in [2.45, 2.75) is 27.1 Å². The average Bonchev–Trinajstić information content (AvgIpc) is 3.01. The van der Waals surface area contributed by atoms with E-state index in [9.17, 15) is 10.2 Å². The zero-order valence-corrected chi connectivity index (χ0v) is 16.0. The highest BCUT2D eigenvalue weighted by molar-refractivity contribution is 6.22. The van der Waals surface area contributed by atoms with Crippen molar-refractivity contribution >= 4 is 33.6 Å². The number of rotatable bonds is 3. The zero-order chi connectivity index (χ0) is 20.0. The second-order valence-corrected chi connectivity index (χ2v) is 7.05. The second kappa shape index (κ2) is 6.65. The Balaban J connectivity index is 2.08. The Morgan fingerprint density at radius 3 is 2.64 bits per heavy atom. The third-order valence-electron chi connectivity index (χ3n) is 5.00. The number of hydrogen-bond acceptors (Lipinski definition) is 6. The Morgan fingerprint density at radius 2 is 1.93 bits per heavy atom. The first-order valence-corrected chi connectivity index (χ1v) is 9.06. The molecule has 0 amide bonds. The molecular formula is C22H22N4O2. The third kappa shape index (κ3) is 2.88. The molecule has 4 rings (SSSR count). The number of nitrogens with zero attached hydrogens (tertiary/aromatic N) is 1. The highest BCUT2D eigenvalue weighted by Crippen LogP contribution is 2.44. The highest BCUT2D eigenvalue weighted by atomic mass is 16.3. The van der Waals surface area contributed by atoms with E-state index in [0.29, 0.717) is 11.1 Å². The fourth-order valence-electron chi connectivity index (χ4n) is 3.89. The van der Waals surface area contributed by atoms with Gasteiger partial charge in [0.1, 0.15) is 0 Å². The number of aryl methyl sites for hydroxylation is 1. The number of pyridine rings is 1. The lowest BCUT2D eigenvalue weighted by molar-refractivity contribution is 0.238. The molecule has 0 bridgehead atoms. The quantitative estimate of drug-likeness (QED) is 0.339. The van der Waals surface area contributed by atoms with Gasteiger partial charge in [-0.3, -0.25) is 4.98 Å². The van der Waals surface area contributed by atoms with E-state index in [1.807, 2.05) is 43.3 Å². The Bertz CT molecular complexity index is 1150. The predicted octanol–water partition coefficient (Wildman–Crippen LogP) is 4.65. The van der Waals surface area contributed by atoms with Crippen molar-refractivity contribution in [2.24, 2.45) is 0 Å². The van der Waals surface area contributed by atoms with Crippen LogP contribution in [0.5, 0.6) is 0 Å². The summed E-state index contributed by atoms with van der Waals surface area (Å²) in [5, 5.41) is 35.5. The molecule has 0 spiro atoms. The van der Waals surface area contributed by atoms with Gasteiger partial charge in [-0.05, 0) is 61.7 Å². The number of aliphatic hydroxyl groups excluding tert-OH is 2. The summed E-state index contributed by atoms with van der Waals surface area (Å²) in [5.41, 5.74) is 6.81. The van der Waals surface area contributed by atoms with E-state index in [1.54, 1.807) is 20.0 Å². The summed E-state index contributed by atoms with van der Waals surface area (Å²) >= 11 is 0. The number of aliphatic hydroxyl groups is 2. The van der Waals surface area contributed by atoms with Gasteiger partial charge < -0.3 is 26.3 Å². The first-order valence-electron chi connectivity index (χ1n) is 9.06. The van der Waals surface area contributed by atoms with Gasteiger partial charge in [-0.15, -0.1) is 0 Å². The van der Waals surface area contributed by atoms with Crippen molar-refractivity contribution < 1.29 is 10.2 Å². The molecule has 1 unspecified atom stereocenters. The number of aromatic nitrogens is 1. The first kappa shape index (κ1) is 18.0. The van der Waals surface area contributed by atoms with Gasteiger partial charge in [-0.1, -0.05) is 12.1 Å². The summed E-state index contributed by atoms with van der Waals surface area (Å²) in [6.45, 7) is 5.26. The van der Waals surface area contributed by atoms with Gasteiger partial charge in [0.15, 0.2) is 0 Å². The van der Waals surface area contributed by atoms with Gasteiger partial charge in [0.05, 0.1) is 22.7 Å². The molecule has 0 saturated carbocycles. The van der Waals surface area contributed by atoms with Crippen molar-refractivity contribution in [3.63, 3.8) is 0 Å². The fourth-order valence-corrected chi connectivity index (χ4v) is 3.89. The molecule has 0 radical (unpaired) electrons. The van der Waals surface area contributed by atoms with E-state index in [1.165, 1.54) is 0 Å². The SMILES string of the molecule is CC(=N)/C(=C(/C)O)c1cc2c(c(-c3c(C)ccc4ncccc34)c1)NC(O)N2. The van der Waals surface area contributed by atoms with Crippen LogP contribution in [0.2, 0.25) is 0 Å². The Labute approximate surface area is 163 Å². The molecular weight excluding hydrogens is 352 g/mol. The number of nitrogens with one attached hydrogen (secondary N) is 3. The maximum atomic E-state index is 10.2. The smallest absolute Gasteiger partial charge is 0.202 e. The molecule has 1 aliphatic heterocycles. The van der Waals surface area contributed by atoms with Crippen molar-refractivity contribution in [3.8, 4) is 11.1 Å². The van der Waals surface area contributed by atoms with E-state index in [2.05, 4.69) is 15.6 Å². The summed E-state index contributed by atoms with van der Waals surface area (Å²) < 4.78 is 0. The molecule has 1 aromatic heterocycles. The molecule has 0 aliphatic carbocycles. The maximum absolute atomic E-state index is 10.2. The van der Waals surface area contributed by atoms with Crippen LogP contribution in [0.4, 0.5) is 11.4 Å². The predicted molar refractivity (Wildman–Crippen MR) is 114 cm³/mol. The molecule has 2 heterocycles. The van der Waals surface area contributed by atoms with Crippen molar-refractivity contribution in [3.05, 3.63) is 59.5 Å². The second-order valence-electron chi connectivity index (χ2n) is 7.05. The van der Waals surface area contributed by atoms with Crippen LogP contribution < -0.4 is 10.6 Å². The number of hydrogen-bond donors (Lipinski definition) is 5. The largest absolute Gasteiger partial charge is 0.512 e. The van der Waals surface area contributed by atoms with Crippen LogP contribution in [0.15, 0.2) is 48.4 Å². The molecule has 142 valence electrons. The minimum absolute atomic E-state index is 0.0845. The molecule has 1 atom stereocenters. The molecule has 2 aromatic carbocycles. The Morgan fingerprint density at radius 1 is 1.14 bits per heavy atom. The monoisotopic (exact) mass is 374 g/mol. The lowest BCUT2D eigenvalue weighted by Gasteiger charge is -2.17. The van der Waals surface area contributed by atoms with Gasteiger partial charge in [-0.25, -0.2) is 0 Å². The standard InChI is InChI=1S/C22H22N4O2/c1-11-6-7-17-15(5-4-8-24-17)19(11)16-9-14(20(12(2)23)13(3)27)10-18-21(16)26-22(28)25-18/h4-10,22-23,25-28H,1-3H3/b20-13+,23-12?. The van der Waals surface area contributed by atoms with E-state index < -0.39 is 6.35 Å². The minimum Gasteiger partial charge on any atom is -0.512 e. The molecule has 0 fully saturated rings. The Kier molecular flexibility index (Phi) is 4.28. The first-order chi connectivity index (χ1) is 13.4. The van der Waals surface area contributed by atoms with Crippen LogP contribution in [0.1, 0.15) is 25.0 Å². The van der Waals surface area contributed by atoms with Gasteiger partial charge in [0, 0.05) is 28.4 Å². The van der Waals surface area contributed by atoms with Crippen LogP contribution in [0, 0.1) is 12.3 Å². The van der Waals surface area contributed by atoms with Crippen molar-refractivity contribution in [2.75, 3.05) is 10.6 Å². The lowest BCUT2D eigenvalue weighted by atomic mass is 9.90. The summed E-state index contributed by atoms with van der Waals surface area (Å²) in [7, 11) is 0. The average molecular weight is 374 g/mol. The molecule has 5 N–H and O–H groups in total. The molecule has 6 nitrogen and oxygen atoms in total. The fraction of sp³-hybridized carbons (Fsp3) is 0.182. The number of anilines is 2. The number of benzene rings is 2. The zero-order valence-electron chi connectivity index (χ0n) is 16.0. The van der Waals surface area contributed by atoms with Crippen LogP contribution in [-0.4, -0.2) is 27.3 Å². The van der Waals surface area contributed by atoms with E-state index >= 15 is 0 Å². The topological polar surface area (TPSA) is 101 Å². The lowest BCUT2D eigenvalue weighted by Crippen LogP contribution is -2.20. The van der Waals surface area contributed by atoms with Crippen LogP contribution in [-0.2, 0) is 0 Å². The number of fused-ring (bicyclic) bond motifs is 2. The normalized spacial score (nSPS) is 16.2. The summed E-state index contributed by atoms with van der Waals surface area (Å²) in [5.74, 6) is 0.0845. The molecule has 3 aromatic rings. The van der Waals surface area contributed by atoms with Crippen LogP contribution in [0.3, 0.4) is 0 Å². The van der Waals surface area contributed by atoms with Gasteiger partial charge >= 0.3 is 0 Å². The molecule has 1 aliphatic rings. The summed E-state index contributed by atoms with van der Waals surface area (Å²) in [6, 6.07) is 11.7.